The van der Waals surface area contributed by atoms with Gasteiger partial charge in [-0.1, -0.05) is 13.3 Å². The first-order valence-electron chi connectivity index (χ1n) is 6.47. The standard InChI is InChI=1S/C12H16N4O4S/c1-3-5-8-6-7-9-14-10(12(17)20-4-2)11(16(9)15-8)21(13,18)19/h6-7H,3-5H2,1-2H3,(H2,13,18,19). The van der Waals surface area contributed by atoms with Crippen LogP contribution < -0.4 is 5.14 Å². The van der Waals surface area contributed by atoms with Crippen LogP contribution >= 0.6 is 0 Å². The average molecular weight is 312 g/mol. The zero-order valence-electron chi connectivity index (χ0n) is 11.7. The molecule has 2 rings (SSSR count). The van der Waals surface area contributed by atoms with E-state index in [0.29, 0.717) is 12.1 Å². The molecular weight excluding hydrogens is 296 g/mol. The highest BCUT2D eigenvalue weighted by Crippen LogP contribution is 2.17. The summed E-state index contributed by atoms with van der Waals surface area (Å²) in [6.07, 6.45) is 1.52. The quantitative estimate of drug-likeness (QED) is 0.804. The molecule has 21 heavy (non-hydrogen) atoms. The summed E-state index contributed by atoms with van der Waals surface area (Å²) in [4.78, 5) is 15.8. The van der Waals surface area contributed by atoms with Gasteiger partial charge in [-0.2, -0.15) is 9.61 Å². The van der Waals surface area contributed by atoms with Crippen molar-refractivity contribution >= 4 is 21.6 Å². The number of hydrogen-bond donors (Lipinski definition) is 1. The molecule has 0 saturated carbocycles. The summed E-state index contributed by atoms with van der Waals surface area (Å²) >= 11 is 0. The topological polar surface area (TPSA) is 117 Å². The number of hydrogen-bond acceptors (Lipinski definition) is 6. The Balaban J connectivity index is 2.72. The number of carbonyl (C=O) groups excluding carboxylic acids is 1. The molecule has 9 heteroatoms. The first kappa shape index (κ1) is 15.4. The smallest absolute Gasteiger partial charge is 0.360 e. The second-order valence-corrected chi connectivity index (χ2v) is 5.85. The second-order valence-electron chi connectivity index (χ2n) is 4.38. The maximum atomic E-state index is 11.8. The first-order valence-corrected chi connectivity index (χ1v) is 8.01. The third kappa shape index (κ3) is 3.03. The van der Waals surface area contributed by atoms with Gasteiger partial charge in [0.2, 0.25) is 5.03 Å². The minimum atomic E-state index is -4.17. The van der Waals surface area contributed by atoms with Gasteiger partial charge in [0, 0.05) is 0 Å². The van der Waals surface area contributed by atoms with Crippen molar-refractivity contribution < 1.29 is 17.9 Å². The molecule has 8 nitrogen and oxygen atoms in total. The lowest BCUT2D eigenvalue weighted by atomic mass is 10.2. The minimum Gasteiger partial charge on any atom is -0.461 e. The van der Waals surface area contributed by atoms with Crippen molar-refractivity contribution in [1.82, 2.24) is 14.6 Å². The first-order chi connectivity index (χ1) is 9.88. The van der Waals surface area contributed by atoms with Gasteiger partial charge in [0.1, 0.15) is 0 Å². The Morgan fingerprint density at radius 2 is 2.10 bits per heavy atom. The molecule has 0 amide bonds. The summed E-state index contributed by atoms with van der Waals surface area (Å²) in [6.45, 7) is 3.69. The average Bonchev–Trinajstić information content (AvgIpc) is 2.78. The summed E-state index contributed by atoms with van der Waals surface area (Å²) in [7, 11) is -4.17. The largest absolute Gasteiger partial charge is 0.461 e. The number of esters is 1. The molecule has 0 fully saturated rings. The van der Waals surface area contributed by atoms with Crippen LogP contribution in [0.25, 0.3) is 5.65 Å². The van der Waals surface area contributed by atoms with Gasteiger partial charge in [0.05, 0.1) is 12.3 Å². The van der Waals surface area contributed by atoms with E-state index in [0.717, 1.165) is 10.9 Å². The highest BCUT2D eigenvalue weighted by Gasteiger charge is 2.28. The molecule has 0 aliphatic heterocycles. The van der Waals surface area contributed by atoms with Crippen LogP contribution in [0.3, 0.4) is 0 Å². The molecule has 0 spiro atoms. The van der Waals surface area contributed by atoms with E-state index in [-0.39, 0.29) is 17.9 Å². The van der Waals surface area contributed by atoms with Gasteiger partial charge in [-0.25, -0.2) is 23.3 Å². The summed E-state index contributed by atoms with van der Waals surface area (Å²) < 4.78 is 29.4. The fourth-order valence-electron chi connectivity index (χ4n) is 1.93. The molecule has 2 aromatic heterocycles. The van der Waals surface area contributed by atoms with Crippen LogP contribution in [0.1, 0.15) is 36.5 Å². The van der Waals surface area contributed by atoms with Crippen molar-refractivity contribution in [2.75, 3.05) is 6.61 Å². The van der Waals surface area contributed by atoms with Gasteiger partial charge < -0.3 is 4.74 Å². The van der Waals surface area contributed by atoms with E-state index in [4.69, 9.17) is 9.88 Å². The monoisotopic (exact) mass is 312 g/mol. The van der Waals surface area contributed by atoms with Gasteiger partial charge in [-0.15, -0.1) is 0 Å². The maximum absolute atomic E-state index is 11.8. The Bertz CT molecular complexity index is 782. The molecule has 0 unspecified atom stereocenters. The second kappa shape index (κ2) is 5.78. The van der Waals surface area contributed by atoms with Crippen molar-refractivity contribution in [3.8, 4) is 0 Å². The van der Waals surface area contributed by atoms with Gasteiger partial charge in [0.25, 0.3) is 10.0 Å². The molecule has 0 aliphatic rings. The van der Waals surface area contributed by atoms with E-state index >= 15 is 0 Å². The van der Waals surface area contributed by atoms with Crippen molar-refractivity contribution in [2.45, 2.75) is 31.7 Å². The SMILES string of the molecule is CCCc1ccc2nc(C(=O)OCC)c(S(N)(=O)=O)n2n1. The normalized spacial score (nSPS) is 11.8. The van der Waals surface area contributed by atoms with Gasteiger partial charge in [0.15, 0.2) is 11.3 Å². The highest BCUT2D eigenvalue weighted by molar-refractivity contribution is 7.89. The molecule has 0 atom stereocenters. The molecule has 0 aromatic carbocycles. The molecule has 0 radical (unpaired) electrons. The minimum absolute atomic E-state index is 0.102. The number of primary sulfonamides is 1. The number of nitrogens with two attached hydrogens (primary N) is 1. The van der Waals surface area contributed by atoms with Crippen molar-refractivity contribution in [3.63, 3.8) is 0 Å². The van der Waals surface area contributed by atoms with Gasteiger partial charge >= 0.3 is 5.97 Å². The van der Waals surface area contributed by atoms with E-state index < -0.39 is 21.0 Å². The Morgan fingerprint density at radius 1 is 1.38 bits per heavy atom. The number of imidazole rings is 1. The molecule has 0 bridgehead atoms. The van der Waals surface area contributed by atoms with Crippen molar-refractivity contribution in [3.05, 3.63) is 23.5 Å². The number of aryl methyl sites for hydroxylation is 1. The number of aromatic nitrogens is 3. The molecular formula is C12H16N4O4S. The molecule has 2 heterocycles. The Labute approximate surface area is 122 Å². The van der Waals surface area contributed by atoms with E-state index in [9.17, 15) is 13.2 Å². The Hall–Kier alpha value is -2.00. The summed E-state index contributed by atoms with van der Waals surface area (Å²) in [6, 6.07) is 3.32. The summed E-state index contributed by atoms with van der Waals surface area (Å²) in [5.41, 5.74) is 0.560. The number of fused-ring (bicyclic) bond motifs is 1. The van der Waals surface area contributed by atoms with E-state index in [1.54, 1.807) is 19.1 Å². The molecule has 114 valence electrons. The van der Waals surface area contributed by atoms with Crippen LogP contribution in [0, 0.1) is 0 Å². The molecule has 0 saturated heterocycles. The van der Waals surface area contributed by atoms with Gasteiger partial charge in [-0.3, -0.25) is 0 Å². The highest BCUT2D eigenvalue weighted by atomic mass is 32.2. The van der Waals surface area contributed by atoms with E-state index in [2.05, 4.69) is 10.1 Å². The summed E-state index contributed by atoms with van der Waals surface area (Å²) in [5, 5.41) is 8.92. The van der Waals surface area contributed by atoms with Crippen LogP contribution in [0.15, 0.2) is 17.2 Å². The predicted molar refractivity (Wildman–Crippen MR) is 74.3 cm³/mol. The van der Waals surface area contributed by atoms with Crippen LogP contribution in [0.5, 0.6) is 0 Å². The van der Waals surface area contributed by atoms with Crippen molar-refractivity contribution in [1.29, 1.82) is 0 Å². The Kier molecular flexibility index (Phi) is 4.24. The zero-order valence-corrected chi connectivity index (χ0v) is 12.6. The van der Waals surface area contributed by atoms with Crippen molar-refractivity contribution in [2.24, 2.45) is 5.14 Å². The van der Waals surface area contributed by atoms with E-state index in [1.807, 2.05) is 6.92 Å². The zero-order chi connectivity index (χ0) is 15.6. The molecule has 2 N–H and O–H groups in total. The van der Waals surface area contributed by atoms with Crippen LogP contribution in [0.4, 0.5) is 0 Å². The number of carbonyl (C=O) groups is 1. The fourth-order valence-corrected chi connectivity index (χ4v) is 2.70. The lowest BCUT2D eigenvalue weighted by Crippen LogP contribution is -2.20. The maximum Gasteiger partial charge on any atom is 0.360 e. The van der Waals surface area contributed by atoms with Gasteiger partial charge in [-0.05, 0) is 25.5 Å². The summed E-state index contributed by atoms with van der Waals surface area (Å²) in [5.74, 6) is -0.843. The Morgan fingerprint density at radius 3 is 2.67 bits per heavy atom. The number of ether oxygens (including phenoxy) is 1. The number of rotatable bonds is 5. The number of sulfonamides is 1. The lowest BCUT2D eigenvalue weighted by molar-refractivity contribution is 0.0515. The molecule has 2 aromatic rings. The number of nitrogens with zero attached hydrogens (tertiary/aromatic N) is 3. The van der Waals surface area contributed by atoms with Crippen LogP contribution in [-0.4, -0.2) is 35.6 Å². The fraction of sp³-hybridized carbons (Fsp3) is 0.417. The predicted octanol–water partition coefficient (Wildman–Crippen LogP) is 0.506. The third-order valence-electron chi connectivity index (χ3n) is 2.74. The van der Waals surface area contributed by atoms with Crippen LogP contribution in [-0.2, 0) is 21.2 Å². The van der Waals surface area contributed by atoms with Crippen LogP contribution in [0.2, 0.25) is 0 Å². The molecule has 0 aliphatic carbocycles. The lowest BCUT2D eigenvalue weighted by Gasteiger charge is -2.03. The third-order valence-corrected chi connectivity index (χ3v) is 3.64. The van der Waals surface area contributed by atoms with E-state index in [1.165, 1.54) is 0 Å².